The molecule has 69 valence electrons. The minimum Gasteiger partial charge on any atom is -0.377 e. The number of ether oxygens (including phenoxy) is 1. The lowest BCUT2D eigenvalue weighted by atomic mass is 10.2. The number of hydrogen-bond acceptors (Lipinski definition) is 1. The lowest BCUT2D eigenvalue weighted by Gasteiger charge is -1.98. The predicted octanol–water partition coefficient (Wildman–Crippen LogP) is 3.35. The second-order valence-electron chi connectivity index (χ2n) is 2.14. The van der Waals surface area contributed by atoms with E-state index < -0.39 is 0 Å². The molecule has 0 unspecified atom stereocenters. The second-order valence-corrected chi connectivity index (χ2v) is 10.2. The fraction of sp³-hybridized carbons (Fsp3) is 0.222. The van der Waals surface area contributed by atoms with E-state index in [9.17, 15) is 0 Å². The van der Waals surface area contributed by atoms with Gasteiger partial charge in [0.15, 0.2) is 0 Å². The van der Waals surface area contributed by atoms with E-state index in [0.29, 0.717) is 13.2 Å². The fourth-order valence-electron chi connectivity index (χ4n) is 0.764. The molecular formula is C9H11Br2MgO. The van der Waals surface area contributed by atoms with Crippen LogP contribution in [0.4, 0.5) is 0 Å². The van der Waals surface area contributed by atoms with E-state index in [-0.39, 0.29) is 16.0 Å². The number of hydrogen-bond donors (Lipinski definition) is 0. The van der Waals surface area contributed by atoms with Gasteiger partial charge in [-0.05, 0) is 12.5 Å². The third kappa shape index (κ3) is 9.22. The molecule has 4 heteroatoms. The smallest absolute Gasteiger partial charge is 0.377 e. The minimum absolute atomic E-state index is 0.0417. The van der Waals surface area contributed by atoms with E-state index in [1.54, 1.807) is 0 Å². The molecule has 0 N–H and O–H groups in total. The van der Waals surface area contributed by atoms with Crippen molar-refractivity contribution in [2.45, 2.75) is 6.61 Å². The lowest BCUT2D eigenvalue weighted by Crippen LogP contribution is -1.90. The Morgan fingerprint density at radius 2 is 1.77 bits per heavy atom. The summed E-state index contributed by atoms with van der Waals surface area (Å²) in [4.78, 5) is 0. The average Bonchev–Trinajstić information content (AvgIpc) is 2.18. The van der Waals surface area contributed by atoms with Gasteiger partial charge in [-0.25, -0.2) is 0 Å². The van der Waals surface area contributed by atoms with Crippen molar-refractivity contribution < 1.29 is 4.74 Å². The first kappa shape index (κ1) is 13.9. The molecule has 0 fully saturated rings. The Hall–Kier alpha value is 0.906. The Balaban J connectivity index is 0.000000424. The summed E-state index contributed by atoms with van der Waals surface area (Å²) in [5.74, 6) is 0. The largest absolute Gasteiger partial charge is 0.560 e. The van der Waals surface area contributed by atoms with E-state index >= 15 is 0 Å². The summed E-state index contributed by atoms with van der Waals surface area (Å²) in [7, 11) is 0. The summed E-state index contributed by atoms with van der Waals surface area (Å²) >= 11 is 6.44. The molecule has 0 saturated heterocycles. The van der Waals surface area contributed by atoms with Crippen LogP contribution in [-0.2, 0) is 11.3 Å². The van der Waals surface area contributed by atoms with E-state index in [2.05, 4.69) is 32.7 Å². The topological polar surface area (TPSA) is 9.23 Å². The summed E-state index contributed by atoms with van der Waals surface area (Å²) < 4.78 is 5.11. The van der Waals surface area contributed by atoms with Gasteiger partial charge in [-0.3, -0.25) is 25.8 Å². The number of benzene rings is 1. The van der Waals surface area contributed by atoms with Crippen molar-refractivity contribution >= 4 is 41.8 Å². The highest BCUT2D eigenvalue weighted by molar-refractivity contribution is 9.47. The first-order valence-electron chi connectivity index (χ1n) is 3.88. The highest BCUT2D eigenvalue weighted by atomic mass is 79.9. The molecule has 1 rings (SSSR count). The van der Waals surface area contributed by atoms with E-state index in [4.69, 9.17) is 4.74 Å². The molecule has 0 aliphatic heterocycles. The third-order valence-electron chi connectivity index (χ3n) is 1.26. The predicted molar refractivity (Wildman–Crippen MR) is 65.1 cm³/mol. The van der Waals surface area contributed by atoms with Crippen molar-refractivity contribution in [1.82, 2.24) is 0 Å². The van der Waals surface area contributed by atoms with Crippen LogP contribution >= 0.6 is 25.8 Å². The summed E-state index contributed by atoms with van der Waals surface area (Å²) in [6, 6.07) is 10.1. The van der Waals surface area contributed by atoms with Gasteiger partial charge in [-0.15, -0.1) is 0 Å². The van der Waals surface area contributed by atoms with Gasteiger partial charge in [0.1, 0.15) is 0 Å². The highest BCUT2D eigenvalue weighted by Crippen LogP contribution is 1.99. The molecule has 0 aliphatic rings. The quantitative estimate of drug-likeness (QED) is 0.777. The van der Waals surface area contributed by atoms with Crippen molar-refractivity contribution in [3.05, 3.63) is 42.8 Å². The Labute approximate surface area is 102 Å². The summed E-state index contributed by atoms with van der Waals surface area (Å²) in [6.07, 6.45) is 0. The van der Waals surface area contributed by atoms with Crippen LogP contribution in [0.25, 0.3) is 0 Å². The Kier molecular flexibility index (Phi) is 11.7. The van der Waals surface area contributed by atoms with E-state index in [0.717, 1.165) is 0 Å². The molecule has 0 aliphatic carbocycles. The molecule has 1 aromatic rings. The van der Waals surface area contributed by atoms with Gasteiger partial charge in [-0.1, -0.05) is 30.3 Å². The first-order valence-corrected chi connectivity index (χ1v) is 11.7. The van der Waals surface area contributed by atoms with Crippen molar-refractivity contribution in [3.8, 4) is 0 Å². The molecule has 1 radical (unpaired) electrons. The van der Waals surface area contributed by atoms with Crippen LogP contribution in [0, 0.1) is 6.92 Å². The monoisotopic (exact) mass is 317 g/mol. The Morgan fingerprint density at radius 1 is 1.23 bits per heavy atom. The van der Waals surface area contributed by atoms with Gasteiger partial charge in [0.05, 0.1) is 6.61 Å². The van der Waals surface area contributed by atoms with E-state index in [1.165, 1.54) is 5.56 Å². The van der Waals surface area contributed by atoms with Gasteiger partial charge >= 0.3 is 16.0 Å². The lowest BCUT2D eigenvalue weighted by molar-refractivity contribution is 0.147. The van der Waals surface area contributed by atoms with Crippen LogP contribution in [0.2, 0.25) is 0 Å². The van der Waals surface area contributed by atoms with Crippen molar-refractivity contribution in [1.29, 1.82) is 0 Å². The molecule has 1 nitrogen and oxygen atoms in total. The molecule has 0 heterocycles. The normalized spacial score (nSPS) is 8.23. The second kappa shape index (κ2) is 11.0. The third-order valence-corrected chi connectivity index (χ3v) is 1.26. The SMILES string of the molecule is [Br][Mg][Br].[CH2]COCc1ccccc1. The van der Waals surface area contributed by atoms with E-state index in [1.807, 2.05) is 30.3 Å². The van der Waals surface area contributed by atoms with Crippen molar-refractivity contribution in [2.75, 3.05) is 6.61 Å². The fourth-order valence-corrected chi connectivity index (χ4v) is 0.764. The highest BCUT2D eigenvalue weighted by Gasteiger charge is 1.86. The summed E-state index contributed by atoms with van der Waals surface area (Å²) in [5.41, 5.74) is 1.20. The number of rotatable bonds is 3. The molecule has 0 bridgehead atoms. The summed E-state index contributed by atoms with van der Waals surface area (Å²) in [6.45, 7) is 4.79. The molecular weight excluding hydrogens is 308 g/mol. The maximum Gasteiger partial charge on any atom is 0.560 e. The van der Waals surface area contributed by atoms with Gasteiger partial charge in [0.25, 0.3) is 0 Å². The molecule has 0 spiro atoms. The van der Waals surface area contributed by atoms with Crippen LogP contribution in [0.1, 0.15) is 5.56 Å². The first-order chi connectivity index (χ1) is 6.35. The Bertz CT molecular complexity index is 194. The maximum atomic E-state index is 5.11. The minimum atomic E-state index is 0.0417. The average molecular weight is 319 g/mol. The van der Waals surface area contributed by atoms with Crippen LogP contribution in [0.15, 0.2) is 30.3 Å². The van der Waals surface area contributed by atoms with Gasteiger partial charge in [0, 0.05) is 6.61 Å². The summed E-state index contributed by atoms with van der Waals surface area (Å²) in [5, 5.41) is 0. The standard InChI is InChI=1S/C9H11O.2BrH.Mg/c1-2-10-8-9-6-4-3-5-7-9;;;/h3-7H,1-2,8H2;2*1H;/q;;;+2/p-2. The van der Waals surface area contributed by atoms with Crippen molar-refractivity contribution in [2.24, 2.45) is 0 Å². The molecule has 0 amide bonds. The molecule has 0 saturated carbocycles. The van der Waals surface area contributed by atoms with Crippen LogP contribution in [-0.4, -0.2) is 22.6 Å². The van der Waals surface area contributed by atoms with Gasteiger partial charge < -0.3 is 4.74 Å². The molecule has 13 heavy (non-hydrogen) atoms. The zero-order chi connectivity index (χ0) is 9.94. The zero-order valence-corrected chi connectivity index (χ0v) is 12.0. The molecule has 0 aromatic heterocycles. The van der Waals surface area contributed by atoms with Crippen molar-refractivity contribution in [3.63, 3.8) is 0 Å². The number of halogens is 2. The van der Waals surface area contributed by atoms with Gasteiger partial charge in [0.2, 0.25) is 0 Å². The van der Waals surface area contributed by atoms with Gasteiger partial charge in [-0.2, -0.15) is 0 Å². The molecule has 0 atom stereocenters. The van der Waals surface area contributed by atoms with Crippen LogP contribution < -0.4 is 0 Å². The van der Waals surface area contributed by atoms with Crippen LogP contribution in [0.3, 0.4) is 0 Å². The zero-order valence-electron chi connectivity index (χ0n) is 7.38. The maximum absolute atomic E-state index is 5.11. The Morgan fingerprint density at radius 3 is 2.23 bits per heavy atom. The molecule has 1 aromatic carbocycles. The van der Waals surface area contributed by atoms with Crippen LogP contribution in [0.5, 0.6) is 0 Å².